The lowest BCUT2D eigenvalue weighted by atomic mass is 9.87. The Kier molecular flexibility index (Phi) is 4.79. The quantitative estimate of drug-likeness (QED) is 0.503. The molecule has 0 fully saturated rings. The fourth-order valence-corrected chi connectivity index (χ4v) is 4.35. The predicted molar refractivity (Wildman–Crippen MR) is 125 cm³/mol. The number of aliphatic imine (C=N–C) groups is 1. The molecular weight excluding hydrogens is 382 g/mol. The van der Waals surface area contributed by atoms with Crippen LogP contribution in [0.25, 0.3) is 0 Å². The molecule has 5 rings (SSSR count). The summed E-state index contributed by atoms with van der Waals surface area (Å²) in [5, 5.41) is 8.15. The second-order valence-corrected chi connectivity index (χ2v) is 8.03. The Bertz CT molecular complexity index is 1170. The largest absolute Gasteiger partial charge is 0.386 e. The summed E-state index contributed by atoms with van der Waals surface area (Å²) in [7, 11) is 0. The standard InChI is InChI=1S/C26H25N5/c1-26(23-15-16-28-31(23)18-24(27)30-26)21-13-8-14-22(17-21)29-25(19-9-4-2-5-10-19)20-11-6-3-7-12-20/h2-17,25,29H,18H2,1H3,(H2,27,30). The van der Waals surface area contributed by atoms with Crippen molar-refractivity contribution in [3.8, 4) is 0 Å². The molecule has 0 saturated heterocycles. The van der Waals surface area contributed by atoms with E-state index in [-0.39, 0.29) is 6.04 Å². The molecule has 4 aromatic rings. The van der Waals surface area contributed by atoms with Crippen molar-refractivity contribution in [3.63, 3.8) is 0 Å². The molecule has 154 valence electrons. The van der Waals surface area contributed by atoms with Gasteiger partial charge in [0, 0.05) is 11.9 Å². The molecule has 1 atom stereocenters. The van der Waals surface area contributed by atoms with Crippen LogP contribution in [0.15, 0.2) is 102 Å². The fraction of sp³-hybridized carbons (Fsp3) is 0.154. The minimum Gasteiger partial charge on any atom is -0.386 e. The molecule has 0 bridgehead atoms. The van der Waals surface area contributed by atoms with Gasteiger partial charge in [-0.2, -0.15) is 5.10 Å². The number of nitrogens with two attached hydrogens (primary N) is 1. The van der Waals surface area contributed by atoms with E-state index in [2.05, 4.69) is 90.1 Å². The van der Waals surface area contributed by atoms with Crippen LogP contribution in [0, 0.1) is 0 Å². The van der Waals surface area contributed by atoms with E-state index in [1.54, 1.807) is 0 Å². The Morgan fingerprint density at radius 3 is 2.26 bits per heavy atom. The first kappa shape index (κ1) is 19.1. The van der Waals surface area contributed by atoms with Crippen molar-refractivity contribution in [1.29, 1.82) is 0 Å². The second-order valence-electron chi connectivity index (χ2n) is 8.03. The van der Waals surface area contributed by atoms with Gasteiger partial charge in [-0.25, -0.2) is 0 Å². The number of benzene rings is 3. The Balaban J connectivity index is 1.54. The van der Waals surface area contributed by atoms with Gasteiger partial charge in [-0.3, -0.25) is 9.67 Å². The molecule has 1 aliphatic heterocycles. The molecule has 31 heavy (non-hydrogen) atoms. The predicted octanol–water partition coefficient (Wildman–Crippen LogP) is 4.72. The molecule has 3 N–H and O–H groups in total. The molecule has 5 nitrogen and oxygen atoms in total. The molecule has 1 unspecified atom stereocenters. The zero-order valence-corrected chi connectivity index (χ0v) is 17.4. The number of amidine groups is 1. The van der Waals surface area contributed by atoms with Gasteiger partial charge < -0.3 is 11.1 Å². The molecule has 1 aliphatic rings. The molecule has 0 aliphatic carbocycles. The minimum absolute atomic E-state index is 0.0379. The number of fused-ring (bicyclic) bond motifs is 1. The van der Waals surface area contributed by atoms with Crippen LogP contribution >= 0.6 is 0 Å². The molecule has 3 aromatic carbocycles. The van der Waals surface area contributed by atoms with E-state index in [9.17, 15) is 0 Å². The monoisotopic (exact) mass is 407 g/mol. The van der Waals surface area contributed by atoms with Crippen molar-refractivity contribution in [3.05, 3.63) is 120 Å². The lowest BCUT2D eigenvalue weighted by molar-refractivity contribution is 0.498. The highest BCUT2D eigenvalue weighted by Gasteiger charge is 2.35. The molecule has 2 heterocycles. The summed E-state index contributed by atoms with van der Waals surface area (Å²) in [4.78, 5) is 4.84. The van der Waals surface area contributed by atoms with E-state index in [1.807, 2.05) is 29.1 Å². The first-order chi connectivity index (χ1) is 15.1. The first-order valence-corrected chi connectivity index (χ1v) is 10.5. The third-order valence-electron chi connectivity index (χ3n) is 5.90. The van der Waals surface area contributed by atoms with Gasteiger partial charge in [0.15, 0.2) is 0 Å². The summed E-state index contributed by atoms with van der Waals surface area (Å²) >= 11 is 0. The summed E-state index contributed by atoms with van der Waals surface area (Å²) in [5.74, 6) is 0.587. The number of rotatable bonds is 5. The maximum atomic E-state index is 6.17. The maximum Gasteiger partial charge on any atom is 0.126 e. The van der Waals surface area contributed by atoms with Crippen molar-refractivity contribution < 1.29 is 0 Å². The van der Waals surface area contributed by atoms with Gasteiger partial charge in [0.1, 0.15) is 11.4 Å². The Morgan fingerprint density at radius 2 is 1.58 bits per heavy atom. The van der Waals surface area contributed by atoms with Crippen LogP contribution in [0.1, 0.15) is 35.3 Å². The fourth-order valence-electron chi connectivity index (χ4n) is 4.35. The van der Waals surface area contributed by atoms with Crippen LogP contribution < -0.4 is 11.1 Å². The number of nitrogens with zero attached hydrogens (tertiary/aromatic N) is 3. The molecule has 1 aromatic heterocycles. The lowest BCUT2D eigenvalue weighted by Gasteiger charge is -2.31. The second kappa shape index (κ2) is 7.76. The normalized spacial score (nSPS) is 17.8. The van der Waals surface area contributed by atoms with Crippen LogP contribution in [0.3, 0.4) is 0 Å². The van der Waals surface area contributed by atoms with Crippen LogP contribution in [0.4, 0.5) is 5.69 Å². The third kappa shape index (κ3) is 3.59. The Labute approximate surface area is 182 Å². The van der Waals surface area contributed by atoms with E-state index in [4.69, 9.17) is 10.7 Å². The average Bonchev–Trinajstić information content (AvgIpc) is 3.28. The molecule has 0 amide bonds. The van der Waals surface area contributed by atoms with Gasteiger partial charge >= 0.3 is 0 Å². The number of aromatic nitrogens is 2. The summed E-state index contributed by atoms with van der Waals surface area (Å²) in [6, 6.07) is 31.5. The van der Waals surface area contributed by atoms with Crippen LogP contribution in [0.5, 0.6) is 0 Å². The van der Waals surface area contributed by atoms with Crippen molar-refractivity contribution in [2.75, 3.05) is 5.32 Å². The van der Waals surface area contributed by atoms with Gasteiger partial charge in [0.25, 0.3) is 0 Å². The first-order valence-electron chi connectivity index (χ1n) is 10.5. The van der Waals surface area contributed by atoms with E-state index in [0.29, 0.717) is 12.4 Å². The molecular formula is C26H25N5. The van der Waals surface area contributed by atoms with Crippen molar-refractivity contribution >= 4 is 11.5 Å². The highest BCUT2D eigenvalue weighted by atomic mass is 15.3. The molecule has 0 radical (unpaired) electrons. The zero-order valence-electron chi connectivity index (χ0n) is 17.4. The summed E-state index contributed by atoms with van der Waals surface area (Å²) in [6.45, 7) is 2.62. The topological polar surface area (TPSA) is 68.2 Å². The van der Waals surface area contributed by atoms with Crippen LogP contribution in [0.2, 0.25) is 0 Å². The average molecular weight is 408 g/mol. The van der Waals surface area contributed by atoms with E-state index >= 15 is 0 Å². The Morgan fingerprint density at radius 1 is 0.903 bits per heavy atom. The van der Waals surface area contributed by atoms with Crippen LogP contribution in [-0.4, -0.2) is 15.6 Å². The Hall–Kier alpha value is -3.86. The molecule has 0 saturated carbocycles. The number of anilines is 1. The summed E-state index contributed by atoms with van der Waals surface area (Å²) in [5.41, 5.74) is 11.2. The number of hydrogen-bond donors (Lipinski definition) is 2. The van der Waals surface area contributed by atoms with Gasteiger partial charge in [0.2, 0.25) is 0 Å². The third-order valence-corrected chi connectivity index (χ3v) is 5.90. The van der Waals surface area contributed by atoms with Crippen molar-refractivity contribution in [2.24, 2.45) is 10.7 Å². The van der Waals surface area contributed by atoms with Gasteiger partial charge in [0.05, 0.1) is 18.3 Å². The zero-order chi connectivity index (χ0) is 21.3. The smallest absolute Gasteiger partial charge is 0.126 e. The lowest BCUT2D eigenvalue weighted by Crippen LogP contribution is -2.36. The maximum absolute atomic E-state index is 6.17. The molecule has 0 spiro atoms. The summed E-state index contributed by atoms with van der Waals surface area (Å²) < 4.78 is 1.93. The van der Waals surface area contributed by atoms with Gasteiger partial charge in [-0.15, -0.1) is 0 Å². The molecule has 5 heteroatoms. The van der Waals surface area contributed by atoms with Gasteiger partial charge in [-0.05, 0) is 41.8 Å². The van der Waals surface area contributed by atoms with Crippen molar-refractivity contribution in [2.45, 2.75) is 25.0 Å². The van der Waals surface area contributed by atoms with Gasteiger partial charge in [-0.1, -0.05) is 72.8 Å². The summed E-state index contributed by atoms with van der Waals surface area (Å²) in [6.07, 6.45) is 1.81. The van der Waals surface area contributed by atoms with E-state index in [1.165, 1.54) is 11.1 Å². The van der Waals surface area contributed by atoms with E-state index in [0.717, 1.165) is 16.9 Å². The highest BCUT2D eigenvalue weighted by Crippen LogP contribution is 2.37. The van der Waals surface area contributed by atoms with E-state index < -0.39 is 5.54 Å². The SMILES string of the molecule is CC1(c2cccc(NC(c3ccccc3)c3ccccc3)c2)N=C(N)Cn2nccc21. The van der Waals surface area contributed by atoms with Crippen LogP contribution in [-0.2, 0) is 12.1 Å². The number of hydrogen-bond acceptors (Lipinski definition) is 4. The minimum atomic E-state index is -0.578. The van der Waals surface area contributed by atoms with Crippen molar-refractivity contribution in [1.82, 2.24) is 9.78 Å². The highest BCUT2D eigenvalue weighted by molar-refractivity contribution is 5.82. The number of nitrogens with one attached hydrogen (secondary N) is 1.